The van der Waals surface area contributed by atoms with Gasteiger partial charge in [0.15, 0.2) is 0 Å². The van der Waals surface area contributed by atoms with Crippen molar-refractivity contribution in [1.29, 1.82) is 0 Å². The predicted molar refractivity (Wildman–Crippen MR) is 118 cm³/mol. The van der Waals surface area contributed by atoms with Crippen LogP contribution in [0.3, 0.4) is 0 Å². The number of methoxy groups -OCH3 is 1. The van der Waals surface area contributed by atoms with E-state index in [4.69, 9.17) is 9.47 Å². The van der Waals surface area contributed by atoms with Crippen LogP contribution in [0.15, 0.2) is 48.5 Å². The highest BCUT2D eigenvalue weighted by Crippen LogP contribution is 2.61. The number of fused-ring (bicyclic) bond motifs is 5. The lowest BCUT2D eigenvalue weighted by atomic mass is 9.49. The van der Waals surface area contributed by atoms with Crippen LogP contribution in [0.5, 0.6) is 5.75 Å². The first-order valence-electron chi connectivity index (χ1n) is 11.5. The molecule has 158 valence electrons. The molecule has 2 aromatic carbocycles. The van der Waals surface area contributed by atoms with Crippen LogP contribution in [0.4, 0.5) is 0 Å². The van der Waals surface area contributed by atoms with E-state index in [1.165, 1.54) is 30.4 Å². The standard InChI is InChI=1S/C27H32O3/c1-27-16-15-20(30-26(28)18-7-4-3-5-8-18)17-19(27)11-12-22-21-9-6-10-25(29-2)23(21)13-14-24(22)27/h3-10,19-20,22,24H,11-17H2,1-2H3/t19-,20-,22+,24-,27?/m1/s1. The van der Waals surface area contributed by atoms with Gasteiger partial charge in [-0.25, -0.2) is 4.79 Å². The Labute approximate surface area is 179 Å². The van der Waals surface area contributed by atoms with Crippen molar-refractivity contribution >= 4 is 5.97 Å². The van der Waals surface area contributed by atoms with Crippen molar-refractivity contribution in [3.8, 4) is 5.75 Å². The van der Waals surface area contributed by atoms with Crippen molar-refractivity contribution in [1.82, 2.24) is 0 Å². The smallest absolute Gasteiger partial charge is 0.338 e. The van der Waals surface area contributed by atoms with Gasteiger partial charge in [0.1, 0.15) is 11.9 Å². The Morgan fingerprint density at radius 3 is 2.63 bits per heavy atom. The molecule has 0 amide bonds. The summed E-state index contributed by atoms with van der Waals surface area (Å²) in [7, 11) is 1.79. The summed E-state index contributed by atoms with van der Waals surface area (Å²) in [5.41, 5.74) is 3.98. The van der Waals surface area contributed by atoms with Gasteiger partial charge in [-0.15, -0.1) is 0 Å². The molecule has 2 aromatic rings. The summed E-state index contributed by atoms with van der Waals surface area (Å²) in [6, 6.07) is 16.0. The summed E-state index contributed by atoms with van der Waals surface area (Å²) in [4.78, 5) is 12.5. The molecule has 3 heteroatoms. The van der Waals surface area contributed by atoms with Gasteiger partial charge in [0.2, 0.25) is 0 Å². The molecule has 30 heavy (non-hydrogen) atoms. The average Bonchev–Trinajstić information content (AvgIpc) is 2.79. The zero-order chi connectivity index (χ0) is 20.7. The molecule has 3 aliphatic carbocycles. The topological polar surface area (TPSA) is 35.5 Å². The lowest BCUT2D eigenvalue weighted by Gasteiger charge is -2.56. The quantitative estimate of drug-likeness (QED) is 0.574. The molecule has 0 radical (unpaired) electrons. The third-order valence-electron chi connectivity index (χ3n) is 8.42. The summed E-state index contributed by atoms with van der Waals surface area (Å²) in [5.74, 6) is 2.91. The normalized spacial score (nSPS) is 32.3. The van der Waals surface area contributed by atoms with Gasteiger partial charge >= 0.3 is 5.97 Å². The molecule has 3 aliphatic rings. The van der Waals surface area contributed by atoms with Crippen LogP contribution in [-0.2, 0) is 11.2 Å². The van der Waals surface area contributed by atoms with Crippen LogP contribution in [0.25, 0.3) is 0 Å². The van der Waals surface area contributed by atoms with E-state index in [9.17, 15) is 4.79 Å². The zero-order valence-electron chi connectivity index (χ0n) is 18.1. The molecule has 0 bridgehead atoms. The highest BCUT2D eigenvalue weighted by atomic mass is 16.5. The van der Waals surface area contributed by atoms with Crippen molar-refractivity contribution in [2.24, 2.45) is 17.3 Å². The molecule has 5 atom stereocenters. The van der Waals surface area contributed by atoms with E-state index in [0.29, 0.717) is 22.8 Å². The zero-order valence-corrected chi connectivity index (χ0v) is 18.1. The number of esters is 1. The number of hydrogen-bond acceptors (Lipinski definition) is 3. The van der Waals surface area contributed by atoms with Gasteiger partial charge in [0.25, 0.3) is 0 Å². The van der Waals surface area contributed by atoms with E-state index in [1.807, 2.05) is 30.3 Å². The maximum Gasteiger partial charge on any atom is 0.338 e. The van der Waals surface area contributed by atoms with Gasteiger partial charge in [0.05, 0.1) is 12.7 Å². The Kier molecular flexibility index (Phi) is 5.08. The molecule has 0 spiro atoms. The highest BCUT2D eigenvalue weighted by Gasteiger charge is 2.52. The maximum atomic E-state index is 12.5. The second-order valence-corrected chi connectivity index (χ2v) is 9.73. The van der Waals surface area contributed by atoms with Gasteiger partial charge in [-0.1, -0.05) is 37.3 Å². The first kappa shape index (κ1) is 19.7. The van der Waals surface area contributed by atoms with Crippen molar-refractivity contribution in [3.63, 3.8) is 0 Å². The SMILES string of the molecule is COc1cccc2c1CC[C@@H]1[C@H]2CC[C@@H]2C[C@H](OC(=O)c3ccccc3)CCC21C. The molecular formula is C27H32O3. The summed E-state index contributed by atoms with van der Waals surface area (Å²) >= 11 is 0. The molecule has 2 saturated carbocycles. The Morgan fingerprint density at radius 1 is 1.00 bits per heavy atom. The fraction of sp³-hybridized carbons (Fsp3) is 0.519. The minimum absolute atomic E-state index is 0.0586. The molecule has 0 aromatic heterocycles. The third kappa shape index (κ3) is 3.23. The monoisotopic (exact) mass is 404 g/mol. The van der Waals surface area contributed by atoms with Gasteiger partial charge in [0, 0.05) is 0 Å². The Balaban J connectivity index is 1.32. The van der Waals surface area contributed by atoms with E-state index in [0.717, 1.165) is 37.4 Å². The fourth-order valence-electron chi connectivity index (χ4n) is 6.85. The molecule has 0 N–H and O–H groups in total. The van der Waals surface area contributed by atoms with Gasteiger partial charge in [-0.05, 0) is 97.4 Å². The van der Waals surface area contributed by atoms with Gasteiger partial charge in [-0.3, -0.25) is 0 Å². The number of benzene rings is 2. The largest absolute Gasteiger partial charge is 0.496 e. The van der Waals surface area contributed by atoms with Gasteiger partial charge in [-0.2, -0.15) is 0 Å². The summed E-state index contributed by atoms with van der Waals surface area (Å²) in [6.07, 6.45) is 8.06. The number of carbonyl (C=O) groups excluding carboxylic acids is 1. The average molecular weight is 405 g/mol. The molecule has 0 saturated heterocycles. The van der Waals surface area contributed by atoms with Crippen molar-refractivity contribution in [3.05, 3.63) is 65.2 Å². The second kappa shape index (κ2) is 7.76. The molecule has 3 nitrogen and oxygen atoms in total. The van der Waals surface area contributed by atoms with E-state index >= 15 is 0 Å². The van der Waals surface area contributed by atoms with Crippen LogP contribution in [-0.4, -0.2) is 19.2 Å². The maximum absolute atomic E-state index is 12.5. The van der Waals surface area contributed by atoms with Crippen LogP contribution in [0.1, 0.15) is 72.9 Å². The molecule has 5 rings (SSSR count). The summed E-state index contributed by atoms with van der Waals surface area (Å²) < 4.78 is 11.6. The van der Waals surface area contributed by atoms with Crippen molar-refractivity contribution in [2.45, 2.75) is 63.9 Å². The van der Waals surface area contributed by atoms with Crippen LogP contribution < -0.4 is 4.74 Å². The molecule has 0 aliphatic heterocycles. The molecule has 2 fully saturated rings. The van der Waals surface area contributed by atoms with Crippen LogP contribution >= 0.6 is 0 Å². The third-order valence-corrected chi connectivity index (χ3v) is 8.42. The number of carbonyl (C=O) groups is 1. The van der Waals surface area contributed by atoms with Crippen molar-refractivity contribution in [2.75, 3.05) is 7.11 Å². The highest BCUT2D eigenvalue weighted by molar-refractivity contribution is 5.89. The number of rotatable bonds is 3. The Bertz CT molecular complexity index is 921. The number of hydrogen-bond donors (Lipinski definition) is 0. The second-order valence-electron chi connectivity index (χ2n) is 9.73. The number of ether oxygens (including phenoxy) is 2. The van der Waals surface area contributed by atoms with E-state index < -0.39 is 0 Å². The molecule has 1 unspecified atom stereocenters. The minimum atomic E-state index is -0.170. The summed E-state index contributed by atoms with van der Waals surface area (Å²) in [5, 5.41) is 0. The minimum Gasteiger partial charge on any atom is -0.496 e. The van der Waals surface area contributed by atoms with E-state index in [-0.39, 0.29) is 12.1 Å². The van der Waals surface area contributed by atoms with Crippen LogP contribution in [0.2, 0.25) is 0 Å². The fourth-order valence-corrected chi connectivity index (χ4v) is 6.85. The van der Waals surface area contributed by atoms with Crippen molar-refractivity contribution < 1.29 is 14.3 Å². The van der Waals surface area contributed by atoms with Crippen LogP contribution in [0, 0.1) is 17.3 Å². The first-order valence-corrected chi connectivity index (χ1v) is 11.5. The lowest BCUT2D eigenvalue weighted by molar-refractivity contribution is -0.0682. The molecule has 0 heterocycles. The first-order chi connectivity index (χ1) is 14.6. The molecular weight excluding hydrogens is 372 g/mol. The van der Waals surface area contributed by atoms with E-state index in [2.05, 4.69) is 25.1 Å². The van der Waals surface area contributed by atoms with E-state index in [1.54, 1.807) is 7.11 Å². The Hall–Kier alpha value is -2.29. The summed E-state index contributed by atoms with van der Waals surface area (Å²) in [6.45, 7) is 2.52. The predicted octanol–water partition coefficient (Wildman–Crippen LogP) is 6.17. The lowest BCUT2D eigenvalue weighted by Crippen LogP contribution is -2.49. The van der Waals surface area contributed by atoms with Gasteiger partial charge < -0.3 is 9.47 Å². The Morgan fingerprint density at radius 2 is 1.83 bits per heavy atom.